The summed E-state index contributed by atoms with van der Waals surface area (Å²) in [7, 11) is 0. The van der Waals surface area contributed by atoms with Gasteiger partial charge in [-0.15, -0.1) is 0 Å². The molecule has 0 aromatic heterocycles. The predicted octanol–water partition coefficient (Wildman–Crippen LogP) is 0.420. The van der Waals surface area contributed by atoms with Crippen LogP contribution in [0.5, 0.6) is 0 Å². The normalized spacial score (nSPS) is 32.9. The molecular formula is C11H19NO4. The molecular weight excluding hydrogens is 210 g/mol. The molecule has 0 unspecified atom stereocenters. The van der Waals surface area contributed by atoms with Gasteiger partial charge in [0.05, 0.1) is 25.7 Å². The molecule has 2 aliphatic rings. The molecule has 1 heterocycles. The first kappa shape index (κ1) is 11.8. The third kappa shape index (κ3) is 2.21. The molecule has 0 aromatic rings. The van der Waals surface area contributed by atoms with Crippen LogP contribution in [-0.2, 0) is 19.0 Å². The van der Waals surface area contributed by atoms with E-state index < -0.39 is 5.79 Å². The van der Waals surface area contributed by atoms with Crippen molar-refractivity contribution in [3.8, 4) is 0 Å². The van der Waals surface area contributed by atoms with Crippen molar-refractivity contribution in [2.45, 2.75) is 38.0 Å². The first-order valence-corrected chi connectivity index (χ1v) is 5.87. The van der Waals surface area contributed by atoms with E-state index in [1.807, 2.05) is 0 Å². The van der Waals surface area contributed by atoms with Crippen LogP contribution in [0.4, 0.5) is 0 Å². The average Bonchev–Trinajstić information content (AvgIpc) is 2.71. The average molecular weight is 229 g/mol. The van der Waals surface area contributed by atoms with E-state index in [-0.39, 0.29) is 17.9 Å². The molecule has 1 saturated heterocycles. The molecule has 1 spiro atoms. The maximum Gasteiger partial charge on any atom is 0.310 e. The number of esters is 1. The third-order valence-corrected chi connectivity index (χ3v) is 3.31. The lowest BCUT2D eigenvalue weighted by molar-refractivity contribution is -0.197. The topological polar surface area (TPSA) is 70.8 Å². The van der Waals surface area contributed by atoms with Gasteiger partial charge in [-0.25, -0.2) is 0 Å². The smallest absolute Gasteiger partial charge is 0.310 e. The monoisotopic (exact) mass is 229 g/mol. The van der Waals surface area contributed by atoms with Crippen molar-refractivity contribution in [2.24, 2.45) is 11.7 Å². The summed E-state index contributed by atoms with van der Waals surface area (Å²) in [5, 5.41) is 0. The summed E-state index contributed by atoms with van der Waals surface area (Å²) >= 11 is 0. The Hall–Kier alpha value is -0.650. The van der Waals surface area contributed by atoms with Crippen molar-refractivity contribution in [1.82, 2.24) is 0 Å². The second kappa shape index (κ2) is 4.69. The SMILES string of the molecule is CCOC(=O)[C@@H]1CC2(CC[C@H]1N)OCCO2. The number of hydrogen-bond donors (Lipinski definition) is 1. The van der Waals surface area contributed by atoms with Gasteiger partial charge in [0.1, 0.15) is 0 Å². The van der Waals surface area contributed by atoms with E-state index >= 15 is 0 Å². The van der Waals surface area contributed by atoms with Crippen molar-refractivity contribution in [3.05, 3.63) is 0 Å². The van der Waals surface area contributed by atoms with E-state index in [0.29, 0.717) is 26.2 Å². The summed E-state index contributed by atoms with van der Waals surface area (Å²) in [5.41, 5.74) is 5.95. The van der Waals surface area contributed by atoms with E-state index in [1.54, 1.807) is 6.92 Å². The predicted molar refractivity (Wildman–Crippen MR) is 56.6 cm³/mol. The van der Waals surface area contributed by atoms with Crippen molar-refractivity contribution < 1.29 is 19.0 Å². The molecule has 0 aromatic carbocycles. The largest absolute Gasteiger partial charge is 0.466 e. The Morgan fingerprint density at radius 3 is 2.81 bits per heavy atom. The summed E-state index contributed by atoms with van der Waals surface area (Å²) in [6, 6.07) is -0.141. The van der Waals surface area contributed by atoms with Crippen LogP contribution < -0.4 is 5.73 Å². The molecule has 0 bridgehead atoms. The lowest BCUT2D eigenvalue weighted by Crippen LogP contribution is -2.49. The van der Waals surface area contributed by atoms with Gasteiger partial charge in [-0.3, -0.25) is 4.79 Å². The van der Waals surface area contributed by atoms with Gasteiger partial charge < -0.3 is 19.9 Å². The number of hydrogen-bond acceptors (Lipinski definition) is 5. The van der Waals surface area contributed by atoms with Crippen molar-refractivity contribution >= 4 is 5.97 Å². The Kier molecular flexibility index (Phi) is 3.47. The van der Waals surface area contributed by atoms with Gasteiger partial charge in [-0.05, 0) is 13.3 Å². The Morgan fingerprint density at radius 1 is 1.50 bits per heavy atom. The molecule has 2 N–H and O–H groups in total. The minimum atomic E-state index is -0.576. The summed E-state index contributed by atoms with van der Waals surface area (Å²) < 4.78 is 16.2. The minimum absolute atomic E-state index is 0.141. The molecule has 1 aliphatic heterocycles. The molecule has 5 nitrogen and oxygen atoms in total. The molecule has 2 fully saturated rings. The lowest BCUT2D eigenvalue weighted by Gasteiger charge is -2.38. The Labute approximate surface area is 95.2 Å². The van der Waals surface area contributed by atoms with Crippen molar-refractivity contribution in [2.75, 3.05) is 19.8 Å². The molecule has 5 heteroatoms. The Morgan fingerprint density at radius 2 is 2.19 bits per heavy atom. The standard InChI is InChI=1S/C11H19NO4/c1-2-14-10(13)8-7-11(4-3-9(8)12)15-5-6-16-11/h8-9H,2-7,12H2,1H3/t8-,9-/m1/s1. The summed E-state index contributed by atoms with van der Waals surface area (Å²) in [6.07, 6.45) is 2.03. The zero-order valence-corrected chi connectivity index (χ0v) is 9.61. The van der Waals surface area contributed by atoms with E-state index in [0.717, 1.165) is 12.8 Å². The Balaban J connectivity index is 2.02. The van der Waals surface area contributed by atoms with Crippen LogP contribution in [0.25, 0.3) is 0 Å². The van der Waals surface area contributed by atoms with Gasteiger partial charge in [0.2, 0.25) is 0 Å². The maximum absolute atomic E-state index is 11.7. The van der Waals surface area contributed by atoms with Gasteiger partial charge in [-0.2, -0.15) is 0 Å². The number of rotatable bonds is 2. The van der Waals surface area contributed by atoms with Crippen LogP contribution in [-0.4, -0.2) is 37.6 Å². The fourth-order valence-electron chi connectivity index (χ4n) is 2.44. The van der Waals surface area contributed by atoms with Crippen molar-refractivity contribution in [1.29, 1.82) is 0 Å². The number of ether oxygens (including phenoxy) is 3. The fourth-order valence-corrected chi connectivity index (χ4v) is 2.44. The molecule has 16 heavy (non-hydrogen) atoms. The highest BCUT2D eigenvalue weighted by atomic mass is 16.7. The van der Waals surface area contributed by atoms with Gasteiger partial charge >= 0.3 is 5.97 Å². The highest BCUT2D eigenvalue weighted by Gasteiger charge is 2.47. The number of nitrogens with two attached hydrogens (primary N) is 1. The minimum Gasteiger partial charge on any atom is -0.466 e. The molecule has 2 atom stereocenters. The maximum atomic E-state index is 11.7. The molecule has 92 valence electrons. The van der Waals surface area contributed by atoms with Gasteiger partial charge in [0.15, 0.2) is 5.79 Å². The van der Waals surface area contributed by atoms with Crippen LogP contribution in [0, 0.1) is 5.92 Å². The molecule has 0 amide bonds. The molecule has 1 saturated carbocycles. The van der Waals surface area contributed by atoms with Gasteiger partial charge in [0.25, 0.3) is 0 Å². The summed E-state index contributed by atoms with van der Waals surface area (Å²) in [5.74, 6) is -1.10. The molecule has 0 radical (unpaired) electrons. The quantitative estimate of drug-likeness (QED) is 0.695. The first-order chi connectivity index (χ1) is 7.67. The highest BCUT2D eigenvalue weighted by molar-refractivity contribution is 5.73. The fraction of sp³-hybridized carbons (Fsp3) is 0.909. The van der Waals surface area contributed by atoms with Crippen LogP contribution in [0.15, 0.2) is 0 Å². The zero-order valence-electron chi connectivity index (χ0n) is 9.61. The zero-order chi connectivity index (χ0) is 11.6. The second-order valence-corrected chi connectivity index (χ2v) is 4.37. The number of carbonyl (C=O) groups excluding carboxylic acids is 1. The van der Waals surface area contributed by atoms with E-state index in [9.17, 15) is 4.79 Å². The lowest BCUT2D eigenvalue weighted by atomic mass is 9.81. The van der Waals surface area contributed by atoms with Gasteiger partial charge in [0, 0.05) is 18.9 Å². The van der Waals surface area contributed by atoms with Crippen LogP contribution in [0.1, 0.15) is 26.2 Å². The molecule has 1 aliphatic carbocycles. The second-order valence-electron chi connectivity index (χ2n) is 4.37. The van der Waals surface area contributed by atoms with Crippen molar-refractivity contribution in [3.63, 3.8) is 0 Å². The highest BCUT2D eigenvalue weighted by Crippen LogP contribution is 2.38. The van der Waals surface area contributed by atoms with Crippen LogP contribution in [0.2, 0.25) is 0 Å². The van der Waals surface area contributed by atoms with E-state index in [2.05, 4.69) is 0 Å². The Bertz CT molecular complexity index is 263. The van der Waals surface area contributed by atoms with E-state index in [1.165, 1.54) is 0 Å². The third-order valence-electron chi connectivity index (χ3n) is 3.31. The summed E-state index contributed by atoms with van der Waals surface area (Å²) in [6.45, 7) is 3.39. The number of carbonyl (C=O) groups is 1. The van der Waals surface area contributed by atoms with Crippen LogP contribution >= 0.6 is 0 Å². The van der Waals surface area contributed by atoms with Crippen LogP contribution in [0.3, 0.4) is 0 Å². The summed E-state index contributed by atoms with van der Waals surface area (Å²) in [4.78, 5) is 11.7. The van der Waals surface area contributed by atoms with Gasteiger partial charge in [-0.1, -0.05) is 0 Å². The first-order valence-electron chi connectivity index (χ1n) is 5.87. The molecule has 2 rings (SSSR count). The van der Waals surface area contributed by atoms with E-state index in [4.69, 9.17) is 19.9 Å².